The minimum Gasteiger partial charge on any atom is -0.394 e. The molecule has 1 aromatic carbocycles. The summed E-state index contributed by atoms with van der Waals surface area (Å²) in [5, 5.41) is 9.96. The predicted octanol–water partition coefficient (Wildman–Crippen LogP) is 4.64. The number of ketones is 1. The Kier molecular flexibility index (Phi) is 7.63. The highest BCUT2D eigenvalue weighted by Gasteiger charge is 2.17. The van der Waals surface area contributed by atoms with Crippen molar-refractivity contribution in [1.82, 2.24) is 0 Å². The van der Waals surface area contributed by atoms with Crippen molar-refractivity contribution in [3.8, 4) is 0 Å². The van der Waals surface area contributed by atoms with Gasteiger partial charge in [0, 0.05) is 21.9 Å². The molecule has 0 amide bonds. The Bertz CT molecular complexity index is 697. The molecule has 0 fully saturated rings. The molecular formula is C20H26ClNO2S. The van der Waals surface area contributed by atoms with Crippen LogP contribution in [-0.4, -0.2) is 23.0 Å². The van der Waals surface area contributed by atoms with Gasteiger partial charge < -0.3 is 10.8 Å². The molecule has 2 rings (SSSR count). The van der Waals surface area contributed by atoms with E-state index >= 15 is 0 Å². The van der Waals surface area contributed by atoms with Crippen LogP contribution in [0.2, 0.25) is 5.02 Å². The molecule has 0 aliphatic rings. The van der Waals surface area contributed by atoms with Gasteiger partial charge in [-0.3, -0.25) is 4.79 Å². The number of unbranched alkanes of at least 4 members (excludes halogenated alkanes) is 1. The summed E-state index contributed by atoms with van der Waals surface area (Å²) in [6, 6.07) is 11.8. The van der Waals surface area contributed by atoms with Gasteiger partial charge in [-0.25, -0.2) is 0 Å². The Labute approximate surface area is 158 Å². The molecule has 5 heteroatoms. The lowest BCUT2D eigenvalue weighted by Gasteiger charge is -2.20. The van der Waals surface area contributed by atoms with Gasteiger partial charge >= 0.3 is 0 Å². The van der Waals surface area contributed by atoms with Crippen LogP contribution in [0.1, 0.15) is 52.7 Å². The van der Waals surface area contributed by atoms with E-state index in [2.05, 4.69) is 6.07 Å². The van der Waals surface area contributed by atoms with E-state index in [4.69, 9.17) is 17.3 Å². The number of aliphatic hydroxyl groups is 1. The fourth-order valence-corrected chi connectivity index (χ4v) is 3.77. The summed E-state index contributed by atoms with van der Waals surface area (Å²) in [4.78, 5) is 14.3. The maximum Gasteiger partial charge on any atom is 0.172 e. The van der Waals surface area contributed by atoms with Crippen LogP contribution in [0.15, 0.2) is 36.4 Å². The van der Waals surface area contributed by atoms with Crippen molar-refractivity contribution < 1.29 is 9.90 Å². The van der Waals surface area contributed by atoms with E-state index in [1.54, 1.807) is 11.3 Å². The van der Waals surface area contributed by atoms with Crippen LogP contribution in [0.4, 0.5) is 0 Å². The Morgan fingerprint density at radius 2 is 2.04 bits per heavy atom. The quantitative estimate of drug-likeness (QED) is 0.467. The molecule has 0 radical (unpaired) electrons. The second kappa shape index (κ2) is 9.48. The van der Waals surface area contributed by atoms with Crippen LogP contribution in [0.25, 0.3) is 0 Å². The first-order valence-electron chi connectivity index (χ1n) is 8.66. The molecule has 3 nitrogen and oxygen atoms in total. The van der Waals surface area contributed by atoms with Crippen molar-refractivity contribution in [3.63, 3.8) is 0 Å². The van der Waals surface area contributed by atoms with E-state index in [9.17, 15) is 9.90 Å². The van der Waals surface area contributed by atoms with Crippen LogP contribution in [0, 0.1) is 0 Å². The normalized spacial score (nSPS) is 13.6. The molecule has 1 atom stereocenters. The third-order valence-corrected chi connectivity index (χ3v) is 5.67. The first-order valence-corrected chi connectivity index (χ1v) is 9.85. The molecule has 0 bridgehead atoms. The van der Waals surface area contributed by atoms with Gasteiger partial charge in [0.25, 0.3) is 0 Å². The Balaban J connectivity index is 1.74. The topological polar surface area (TPSA) is 63.3 Å². The smallest absolute Gasteiger partial charge is 0.172 e. The average molecular weight is 380 g/mol. The summed E-state index contributed by atoms with van der Waals surface area (Å²) in [7, 11) is 0. The standard InChI is InChI=1S/C20H26ClNO2S/c1-20(22,14-23)12-11-17-9-10-19(25-17)18(24)8-3-2-5-15-6-4-7-16(21)13-15/h4,6-7,9-10,13,23H,2-3,5,8,11-12,14,22H2,1H3. The van der Waals surface area contributed by atoms with Gasteiger partial charge in [0.2, 0.25) is 0 Å². The van der Waals surface area contributed by atoms with Crippen molar-refractivity contribution >= 4 is 28.7 Å². The molecule has 1 aromatic heterocycles. The molecule has 0 spiro atoms. The average Bonchev–Trinajstić information content (AvgIpc) is 3.06. The lowest BCUT2D eigenvalue weighted by Crippen LogP contribution is -2.40. The summed E-state index contributed by atoms with van der Waals surface area (Å²) in [6.07, 6.45) is 4.87. The molecule has 1 unspecified atom stereocenters. The molecule has 0 saturated carbocycles. The minimum atomic E-state index is -0.561. The molecule has 1 heterocycles. The van der Waals surface area contributed by atoms with E-state index in [0.717, 1.165) is 40.5 Å². The highest BCUT2D eigenvalue weighted by molar-refractivity contribution is 7.14. The first kappa shape index (κ1) is 20.1. The van der Waals surface area contributed by atoms with Crippen molar-refractivity contribution in [2.24, 2.45) is 5.73 Å². The highest BCUT2D eigenvalue weighted by Crippen LogP contribution is 2.22. The van der Waals surface area contributed by atoms with E-state index in [-0.39, 0.29) is 12.4 Å². The molecule has 25 heavy (non-hydrogen) atoms. The largest absolute Gasteiger partial charge is 0.394 e. The Hall–Kier alpha value is -1.20. The molecule has 0 aliphatic carbocycles. The summed E-state index contributed by atoms with van der Waals surface area (Å²) in [5.41, 5.74) is 6.60. The second-order valence-corrected chi connectivity index (χ2v) is 8.44. The minimum absolute atomic E-state index is 0.0310. The highest BCUT2D eigenvalue weighted by atomic mass is 35.5. The van der Waals surface area contributed by atoms with Gasteiger partial charge in [0.05, 0.1) is 11.5 Å². The monoisotopic (exact) mass is 379 g/mol. The number of aliphatic hydroxyl groups excluding tert-OH is 1. The van der Waals surface area contributed by atoms with Crippen LogP contribution in [0.3, 0.4) is 0 Å². The fourth-order valence-electron chi connectivity index (χ4n) is 2.58. The van der Waals surface area contributed by atoms with Crippen LogP contribution < -0.4 is 5.73 Å². The van der Waals surface area contributed by atoms with Crippen molar-refractivity contribution in [1.29, 1.82) is 0 Å². The van der Waals surface area contributed by atoms with Gasteiger partial charge in [-0.2, -0.15) is 0 Å². The number of aryl methyl sites for hydroxylation is 2. The number of hydrogen-bond donors (Lipinski definition) is 2. The Morgan fingerprint density at radius 3 is 2.76 bits per heavy atom. The number of rotatable bonds is 10. The zero-order chi connectivity index (χ0) is 18.3. The maximum atomic E-state index is 12.3. The number of carbonyl (C=O) groups is 1. The Morgan fingerprint density at radius 1 is 1.24 bits per heavy atom. The van der Waals surface area contributed by atoms with E-state index in [1.165, 1.54) is 5.56 Å². The van der Waals surface area contributed by atoms with E-state index in [1.807, 2.05) is 37.3 Å². The number of Topliss-reactive ketones (excluding diaryl/α,β-unsaturated/α-hetero) is 1. The number of halogens is 1. The second-order valence-electron chi connectivity index (χ2n) is 6.84. The fraction of sp³-hybridized carbons (Fsp3) is 0.450. The van der Waals surface area contributed by atoms with E-state index < -0.39 is 5.54 Å². The van der Waals surface area contributed by atoms with Crippen molar-refractivity contribution in [3.05, 3.63) is 56.7 Å². The number of hydrogen-bond acceptors (Lipinski definition) is 4. The summed E-state index contributed by atoms with van der Waals surface area (Å²) >= 11 is 7.52. The van der Waals surface area contributed by atoms with Crippen LogP contribution >= 0.6 is 22.9 Å². The van der Waals surface area contributed by atoms with Crippen LogP contribution in [0.5, 0.6) is 0 Å². The molecule has 0 aliphatic heterocycles. The molecule has 2 aromatic rings. The molecule has 136 valence electrons. The number of carbonyl (C=O) groups excluding carboxylic acids is 1. The van der Waals surface area contributed by atoms with Crippen molar-refractivity contribution in [2.75, 3.05) is 6.61 Å². The third-order valence-electron chi connectivity index (χ3n) is 4.25. The number of nitrogens with two attached hydrogens (primary N) is 1. The van der Waals surface area contributed by atoms with Gasteiger partial charge in [-0.1, -0.05) is 23.7 Å². The lowest BCUT2D eigenvalue weighted by molar-refractivity contribution is 0.0983. The zero-order valence-electron chi connectivity index (χ0n) is 14.6. The summed E-state index contributed by atoms with van der Waals surface area (Å²) in [5.74, 6) is 0.208. The third kappa shape index (κ3) is 6.90. The van der Waals surface area contributed by atoms with E-state index in [0.29, 0.717) is 12.8 Å². The van der Waals surface area contributed by atoms with Crippen LogP contribution in [-0.2, 0) is 12.8 Å². The molecular weight excluding hydrogens is 354 g/mol. The first-order chi connectivity index (χ1) is 11.9. The van der Waals surface area contributed by atoms with Gasteiger partial charge in [0.15, 0.2) is 5.78 Å². The molecule has 0 saturated heterocycles. The maximum absolute atomic E-state index is 12.3. The summed E-state index contributed by atoms with van der Waals surface area (Å²) in [6.45, 7) is 1.81. The SMILES string of the molecule is CC(N)(CO)CCc1ccc(C(=O)CCCCc2cccc(Cl)c2)s1. The predicted molar refractivity (Wildman–Crippen MR) is 106 cm³/mol. The number of thiophene rings is 1. The zero-order valence-corrected chi connectivity index (χ0v) is 16.2. The van der Waals surface area contributed by atoms with Gasteiger partial charge in [-0.15, -0.1) is 11.3 Å². The summed E-state index contributed by atoms with van der Waals surface area (Å²) < 4.78 is 0. The molecule has 3 N–H and O–H groups in total. The van der Waals surface area contributed by atoms with Gasteiger partial charge in [0.1, 0.15) is 0 Å². The van der Waals surface area contributed by atoms with Gasteiger partial charge in [-0.05, 0) is 68.9 Å². The number of benzene rings is 1. The van der Waals surface area contributed by atoms with Crippen molar-refractivity contribution in [2.45, 2.75) is 51.0 Å². The lowest BCUT2D eigenvalue weighted by atomic mass is 9.98.